The van der Waals surface area contributed by atoms with Gasteiger partial charge in [-0.1, -0.05) is 6.07 Å². The zero-order valence-electron chi connectivity index (χ0n) is 11.6. The monoisotopic (exact) mass is 323 g/mol. The van der Waals surface area contributed by atoms with Crippen molar-refractivity contribution in [1.29, 1.82) is 0 Å². The molecule has 0 aliphatic carbocycles. The fourth-order valence-corrected chi connectivity index (χ4v) is 4.12. The predicted molar refractivity (Wildman–Crippen MR) is 84.9 cm³/mol. The van der Waals surface area contributed by atoms with E-state index in [1.807, 2.05) is 24.4 Å². The van der Waals surface area contributed by atoms with Gasteiger partial charge in [-0.3, -0.25) is 4.79 Å². The lowest BCUT2D eigenvalue weighted by Gasteiger charge is -2.28. The number of hydrogen-bond donors (Lipinski definition) is 3. The molecule has 3 rings (SSSR count). The number of amides is 1. The number of aromatic nitrogens is 1. The lowest BCUT2D eigenvalue weighted by Crippen LogP contribution is -2.52. The average Bonchev–Trinajstić information content (AvgIpc) is 3.10. The van der Waals surface area contributed by atoms with E-state index in [-0.39, 0.29) is 11.9 Å². The van der Waals surface area contributed by atoms with Gasteiger partial charge in [0.05, 0.1) is 22.7 Å². The van der Waals surface area contributed by atoms with Crippen molar-refractivity contribution in [3.05, 3.63) is 28.1 Å². The number of aliphatic hydroxyl groups is 1. The SMILES string of the molecule is Cc1nc(-c2cccs2)sc1C(=O)NC1CCNCC1O. The van der Waals surface area contributed by atoms with E-state index in [9.17, 15) is 9.90 Å². The van der Waals surface area contributed by atoms with Crippen molar-refractivity contribution >= 4 is 28.6 Å². The number of nitrogens with one attached hydrogen (secondary N) is 2. The largest absolute Gasteiger partial charge is 0.390 e. The van der Waals surface area contributed by atoms with Gasteiger partial charge in [0.2, 0.25) is 0 Å². The Labute approximate surface area is 131 Å². The molecule has 1 saturated heterocycles. The molecule has 3 heterocycles. The molecule has 3 N–H and O–H groups in total. The van der Waals surface area contributed by atoms with Crippen LogP contribution >= 0.6 is 22.7 Å². The quantitative estimate of drug-likeness (QED) is 0.803. The molecule has 2 unspecified atom stereocenters. The number of piperidine rings is 1. The Morgan fingerprint density at radius 1 is 1.57 bits per heavy atom. The lowest BCUT2D eigenvalue weighted by molar-refractivity contribution is 0.0768. The fraction of sp³-hybridized carbons (Fsp3) is 0.429. The molecule has 112 valence electrons. The fourth-order valence-electron chi connectivity index (χ4n) is 2.36. The number of aryl methyl sites for hydroxylation is 1. The van der Waals surface area contributed by atoms with Crippen LogP contribution in [0.2, 0.25) is 0 Å². The summed E-state index contributed by atoms with van der Waals surface area (Å²) < 4.78 is 0. The molecule has 7 heteroatoms. The normalized spacial score (nSPS) is 22.2. The van der Waals surface area contributed by atoms with Gasteiger partial charge in [-0.2, -0.15) is 0 Å². The first kappa shape index (κ1) is 14.6. The molecule has 1 amide bonds. The maximum absolute atomic E-state index is 12.4. The molecule has 0 saturated carbocycles. The molecule has 2 aromatic heterocycles. The summed E-state index contributed by atoms with van der Waals surface area (Å²) in [6.45, 7) is 3.18. The maximum atomic E-state index is 12.4. The highest BCUT2D eigenvalue weighted by Crippen LogP contribution is 2.31. The molecular weight excluding hydrogens is 306 g/mol. The number of thiophene rings is 1. The number of aliphatic hydroxyl groups excluding tert-OH is 1. The third-order valence-electron chi connectivity index (χ3n) is 3.50. The Bertz CT molecular complexity index is 624. The second kappa shape index (κ2) is 6.23. The van der Waals surface area contributed by atoms with Crippen LogP contribution < -0.4 is 10.6 Å². The summed E-state index contributed by atoms with van der Waals surface area (Å²) in [4.78, 5) is 18.6. The number of β-amino-alcohol motifs (C(OH)–C–C–N with tert-alkyl or cyclic N) is 1. The second-order valence-electron chi connectivity index (χ2n) is 5.05. The zero-order valence-corrected chi connectivity index (χ0v) is 13.3. The topological polar surface area (TPSA) is 74.2 Å². The molecule has 2 atom stereocenters. The van der Waals surface area contributed by atoms with Crippen molar-refractivity contribution in [2.45, 2.75) is 25.5 Å². The third-order valence-corrected chi connectivity index (χ3v) is 5.70. The van der Waals surface area contributed by atoms with Crippen LogP contribution in [0.1, 0.15) is 21.8 Å². The van der Waals surface area contributed by atoms with Gasteiger partial charge < -0.3 is 15.7 Å². The highest BCUT2D eigenvalue weighted by molar-refractivity contribution is 7.22. The Balaban J connectivity index is 1.75. The number of carbonyl (C=O) groups is 1. The Morgan fingerprint density at radius 3 is 3.14 bits per heavy atom. The van der Waals surface area contributed by atoms with Crippen molar-refractivity contribution in [3.8, 4) is 9.88 Å². The lowest BCUT2D eigenvalue weighted by atomic mass is 10.0. The third kappa shape index (κ3) is 3.16. The molecule has 0 bridgehead atoms. The summed E-state index contributed by atoms with van der Waals surface area (Å²) in [6.07, 6.45) is 0.204. The minimum atomic E-state index is -0.535. The molecular formula is C14H17N3O2S2. The van der Waals surface area contributed by atoms with Gasteiger partial charge in [-0.15, -0.1) is 22.7 Å². The van der Waals surface area contributed by atoms with Crippen molar-refractivity contribution in [2.24, 2.45) is 0 Å². The van der Waals surface area contributed by atoms with E-state index in [0.29, 0.717) is 11.4 Å². The van der Waals surface area contributed by atoms with Crippen molar-refractivity contribution < 1.29 is 9.90 Å². The van der Waals surface area contributed by atoms with Gasteiger partial charge in [0.1, 0.15) is 9.88 Å². The standard InChI is InChI=1S/C14H17N3O2S2/c1-8-12(21-14(16-8)11-3-2-6-20-11)13(19)17-9-4-5-15-7-10(9)18/h2-3,6,9-10,15,18H,4-5,7H2,1H3,(H,17,19). The van der Waals surface area contributed by atoms with Crippen molar-refractivity contribution in [1.82, 2.24) is 15.6 Å². The number of rotatable bonds is 3. The summed E-state index contributed by atoms with van der Waals surface area (Å²) in [5, 5.41) is 18.8. The van der Waals surface area contributed by atoms with E-state index >= 15 is 0 Å². The first-order chi connectivity index (χ1) is 10.1. The molecule has 1 aliphatic rings. The van der Waals surface area contributed by atoms with Crippen LogP contribution in [0.15, 0.2) is 17.5 Å². The first-order valence-electron chi connectivity index (χ1n) is 6.86. The Morgan fingerprint density at radius 2 is 2.43 bits per heavy atom. The van der Waals surface area contributed by atoms with E-state index < -0.39 is 6.10 Å². The Kier molecular flexibility index (Phi) is 4.34. The second-order valence-corrected chi connectivity index (χ2v) is 7.00. The molecule has 1 aliphatic heterocycles. The van der Waals surface area contributed by atoms with Gasteiger partial charge in [-0.25, -0.2) is 4.98 Å². The minimum Gasteiger partial charge on any atom is -0.390 e. The van der Waals surface area contributed by atoms with Crippen LogP contribution in [0, 0.1) is 6.92 Å². The van der Waals surface area contributed by atoms with E-state index in [1.54, 1.807) is 11.3 Å². The summed E-state index contributed by atoms with van der Waals surface area (Å²) in [5.41, 5.74) is 0.740. The summed E-state index contributed by atoms with van der Waals surface area (Å²) in [7, 11) is 0. The molecule has 0 radical (unpaired) electrons. The van der Waals surface area contributed by atoms with E-state index in [2.05, 4.69) is 15.6 Å². The molecule has 0 aromatic carbocycles. The van der Waals surface area contributed by atoms with E-state index in [0.717, 1.165) is 28.5 Å². The number of thiazole rings is 1. The van der Waals surface area contributed by atoms with Crippen LogP contribution in [0.5, 0.6) is 0 Å². The van der Waals surface area contributed by atoms with Crippen LogP contribution in [0.4, 0.5) is 0 Å². The van der Waals surface area contributed by atoms with Gasteiger partial charge >= 0.3 is 0 Å². The summed E-state index contributed by atoms with van der Waals surface area (Å²) in [6, 6.07) is 3.79. The smallest absolute Gasteiger partial charge is 0.263 e. The van der Waals surface area contributed by atoms with Gasteiger partial charge in [0.15, 0.2) is 0 Å². The predicted octanol–water partition coefficient (Wildman–Crippen LogP) is 1.63. The van der Waals surface area contributed by atoms with Crippen LogP contribution in [-0.4, -0.2) is 41.2 Å². The summed E-state index contributed by atoms with van der Waals surface area (Å²) in [5.74, 6) is -0.140. The number of nitrogens with zero attached hydrogens (tertiary/aromatic N) is 1. The molecule has 5 nitrogen and oxygen atoms in total. The number of hydrogen-bond acceptors (Lipinski definition) is 6. The van der Waals surface area contributed by atoms with Crippen molar-refractivity contribution in [3.63, 3.8) is 0 Å². The molecule has 2 aromatic rings. The van der Waals surface area contributed by atoms with Gasteiger partial charge in [-0.05, 0) is 31.3 Å². The molecule has 21 heavy (non-hydrogen) atoms. The first-order valence-corrected chi connectivity index (χ1v) is 8.55. The van der Waals surface area contributed by atoms with Crippen molar-refractivity contribution in [2.75, 3.05) is 13.1 Å². The Hall–Kier alpha value is -1.28. The van der Waals surface area contributed by atoms with Gasteiger partial charge in [0, 0.05) is 6.54 Å². The van der Waals surface area contributed by atoms with E-state index in [4.69, 9.17) is 0 Å². The number of carbonyl (C=O) groups excluding carboxylic acids is 1. The maximum Gasteiger partial charge on any atom is 0.263 e. The minimum absolute atomic E-state index is 0.140. The van der Waals surface area contributed by atoms with Gasteiger partial charge in [0.25, 0.3) is 5.91 Å². The van der Waals surface area contributed by atoms with E-state index in [1.165, 1.54) is 11.3 Å². The molecule has 0 spiro atoms. The average molecular weight is 323 g/mol. The highest BCUT2D eigenvalue weighted by Gasteiger charge is 2.26. The summed E-state index contributed by atoms with van der Waals surface area (Å²) >= 11 is 3.02. The highest BCUT2D eigenvalue weighted by atomic mass is 32.1. The van der Waals surface area contributed by atoms with Crippen LogP contribution in [0.3, 0.4) is 0 Å². The van der Waals surface area contributed by atoms with Crippen LogP contribution in [0.25, 0.3) is 9.88 Å². The van der Waals surface area contributed by atoms with Crippen LogP contribution in [-0.2, 0) is 0 Å². The molecule has 1 fully saturated rings. The zero-order chi connectivity index (χ0) is 14.8.